The number of ether oxygens (including phenoxy) is 6. The fourth-order valence-electron chi connectivity index (χ4n) is 6.14. The number of aliphatic hydroxyl groups excluding tert-OH is 9. The van der Waals surface area contributed by atoms with Gasteiger partial charge in [-0.15, -0.1) is 0 Å². The van der Waals surface area contributed by atoms with Gasteiger partial charge in [-0.05, 0) is 32.0 Å². The molecule has 0 spiro atoms. The summed E-state index contributed by atoms with van der Waals surface area (Å²) >= 11 is 0. The summed E-state index contributed by atoms with van der Waals surface area (Å²) in [5.74, 6) is -3.42. The molecule has 0 unspecified atom stereocenters. The number of aliphatic hydroxyl groups is 9. The van der Waals surface area contributed by atoms with Gasteiger partial charge in [0.15, 0.2) is 23.5 Å². The average molecular weight is 757 g/mol. The number of phenolic OH excluding ortho intramolecular Hbond substituents is 3. The van der Waals surface area contributed by atoms with Gasteiger partial charge in [-0.1, -0.05) is 0 Å². The minimum Gasteiger partial charge on any atom is -0.507 e. The SMILES string of the molecule is C[C@@H]1O[C@@H](Oc2cc(O)c3c(=O)c(O[C@@H]4O[C@H](CO[C@@H]5O[C@@H](C)[C@H](O)[C@@H](O)[C@@H]5O)[C@@H](O)[C@H](O)[C@H]4O)c(-c4ccc(O)c(O)c4)oc3c2)[C@H](O)[C@H](O)[C@H]1O. The van der Waals surface area contributed by atoms with Gasteiger partial charge in [0, 0.05) is 17.7 Å². The van der Waals surface area contributed by atoms with E-state index in [9.17, 15) is 66.1 Å². The molecule has 0 aliphatic carbocycles. The molecule has 3 aliphatic rings. The second-order valence-corrected chi connectivity index (χ2v) is 13.1. The molecule has 0 bridgehead atoms. The lowest BCUT2D eigenvalue weighted by molar-refractivity contribution is -0.318. The largest absolute Gasteiger partial charge is 0.507 e. The summed E-state index contributed by atoms with van der Waals surface area (Å²) in [7, 11) is 0. The van der Waals surface area contributed by atoms with Crippen molar-refractivity contribution in [2.24, 2.45) is 0 Å². The normalized spacial score (nSPS) is 37.8. The summed E-state index contributed by atoms with van der Waals surface area (Å²) in [5.41, 5.74) is -1.55. The third-order valence-corrected chi connectivity index (χ3v) is 9.34. The summed E-state index contributed by atoms with van der Waals surface area (Å²) in [5, 5.41) is 124. The van der Waals surface area contributed by atoms with Gasteiger partial charge in [-0.2, -0.15) is 0 Å². The van der Waals surface area contributed by atoms with Crippen LogP contribution in [0.2, 0.25) is 0 Å². The predicted octanol–water partition coefficient (Wildman–Crippen LogP) is -3.19. The van der Waals surface area contributed by atoms with Gasteiger partial charge < -0.3 is 94.1 Å². The first-order valence-corrected chi connectivity index (χ1v) is 16.4. The molecule has 20 heteroatoms. The van der Waals surface area contributed by atoms with E-state index < -0.39 is 138 Å². The number of phenols is 3. The van der Waals surface area contributed by atoms with E-state index in [2.05, 4.69) is 0 Å². The number of fused-ring (bicyclic) bond motifs is 1. The highest BCUT2D eigenvalue weighted by Crippen LogP contribution is 2.40. The third-order valence-electron chi connectivity index (χ3n) is 9.34. The molecule has 0 amide bonds. The lowest BCUT2D eigenvalue weighted by Gasteiger charge is -2.42. The maximum Gasteiger partial charge on any atom is 0.239 e. The molecule has 0 saturated carbocycles. The summed E-state index contributed by atoms with van der Waals surface area (Å²) in [4.78, 5) is 14.0. The van der Waals surface area contributed by atoms with Crippen molar-refractivity contribution in [1.29, 1.82) is 0 Å². The summed E-state index contributed by atoms with van der Waals surface area (Å²) in [6.45, 7) is 2.18. The highest BCUT2D eigenvalue weighted by Gasteiger charge is 2.48. The lowest BCUT2D eigenvalue weighted by Crippen LogP contribution is -2.61. The van der Waals surface area contributed by atoms with Gasteiger partial charge in [0.1, 0.15) is 83.5 Å². The monoisotopic (exact) mass is 756 g/mol. The van der Waals surface area contributed by atoms with E-state index in [0.717, 1.165) is 24.3 Å². The number of benzene rings is 2. The second-order valence-electron chi connectivity index (χ2n) is 13.1. The molecule has 4 heterocycles. The first-order valence-electron chi connectivity index (χ1n) is 16.4. The molecular weight excluding hydrogens is 716 g/mol. The van der Waals surface area contributed by atoms with Crippen LogP contribution in [-0.2, 0) is 18.9 Å². The van der Waals surface area contributed by atoms with E-state index in [-0.39, 0.29) is 16.9 Å². The summed E-state index contributed by atoms with van der Waals surface area (Å²) < 4.78 is 39.3. The number of rotatable bonds is 8. The molecule has 6 rings (SSSR count). The Kier molecular flexibility index (Phi) is 11.1. The first-order chi connectivity index (χ1) is 25.0. The molecule has 1 aromatic heterocycles. The van der Waals surface area contributed by atoms with E-state index in [0.29, 0.717) is 0 Å². The molecule has 3 fully saturated rings. The minimum absolute atomic E-state index is 0.0962. The van der Waals surface area contributed by atoms with E-state index in [1.165, 1.54) is 19.9 Å². The van der Waals surface area contributed by atoms with Gasteiger partial charge in [0.2, 0.25) is 23.8 Å². The zero-order valence-corrected chi connectivity index (χ0v) is 27.9. The predicted molar refractivity (Wildman–Crippen MR) is 172 cm³/mol. The van der Waals surface area contributed by atoms with Crippen LogP contribution >= 0.6 is 0 Å². The Bertz CT molecular complexity index is 1830. The zero-order valence-electron chi connectivity index (χ0n) is 27.9. The van der Waals surface area contributed by atoms with E-state index in [1.54, 1.807) is 0 Å². The van der Waals surface area contributed by atoms with Crippen LogP contribution in [0, 0.1) is 0 Å². The highest BCUT2D eigenvalue weighted by molar-refractivity contribution is 5.88. The lowest BCUT2D eigenvalue weighted by atomic mass is 9.98. The standard InChI is InChI=1S/C33H40O20/c1-9-19(37)23(41)26(44)31(48-9)47-8-17-21(39)25(43)28(46)33(52-17)53-30-22(40)18-15(36)6-12(50-32-27(45)24(42)20(38)10(2)49-32)7-16(18)51-29(30)11-3-4-13(34)14(35)5-11/h3-7,9-10,17,19-21,23-28,31-39,41-46H,8H2,1-2H3/t9-,10-,17+,19-,20-,21+,23+,24+,25-,26-,27+,28+,31+,32-,33-/m0/s1. The Hall–Kier alpha value is -3.87. The van der Waals surface area contributed by atoms with Crippen molar-refractivity contribution in [3.8, 4) is 40.1 Å². The van der Waals surface area contributed by atoms with Crippen molar-refractivity contribution in [3.05, 3.63) is 40.6 Å². The van der Waals surface area contributed by atoms with Crippen molar-refractivity contribution in [3.63, 3.8) is 0 Å². The molecule has 3 saturated heterocycles. The van der Waals surface area contributed by atoms with Crippen molar-refractivity contribution in [1.82, 2.24) is 0 Å². The van der Waals surface area contributed by atoms with Crippen molar-refractivity contribution in [2.75, 3.05) is 6.61 Å². The fourth-order valence-corrected chi connectivity index (χ4v) is 6.14. The van der Waals surface area contributed by atoms with Crippen LogP contribution in [0.4, 0.5) is 0 Å². The second kappa shape index (κ2) is 15.1. The zero-order chi connectivity index (χ0) is 38.6. The smallest absolute Gasteiger partial charge is 0.239 e. The van der Waals surface area contributed by atoms with Crippen molar-refractivity contribution in [2.45, 2.75) is 106 Å². The summed E-state index contributed by atoms with van der Waals surface area (Å²) in [6, 6.07) is 5.31. The van der Waals surface area contributed by atoms with Gasteiger partial charge in [0.05, 0.1) is 18.8 Å². The van der Waals surface area contributed by atoms with Gasteiger partial charge in [0.25, 0.3) is 0 Å². The van der Waals surface area contributed by atoms with Crippen LogP contribution in [-0.4, -0.2) is 160 Å². The third kappa shape index (κ3) is 7.34. The topological polar surface area (TPSA) is 328 Å². The molecule has 292 valence electrons. The van der Waals surface area contributed by atoms with Crippen LogP contribution in [0.1, 0.15) is 13.8 Å². The molecule has 20 nitrogen and oxygen atoms in total. The van der Waals surface area contributed by atoms with Gasteiger partial charge in [-0.3, -0.25) is 4.79 Å². The maximum absolute atomic E-state index is 14.0. The Balaban J connectivity index is 1.34. The van der Waals surface area contributed by atoms with E-state index in [4.69, 9.17) is 32.8 Å². The Labute approximate surface area is 298 Å². The Morgan fingerprint density at radius 3 is 1.79 bits per heavy atom. The molecule has 12 N–H and O–H groups in total. The number of hydrogen-bond acceptors (Lipinski definition) is 20. The van der Waals surface area contributed by atoms with Crippen LogP contribution in [0.5, 0.6) is 28.7 Å². The maximum atomic E-state index is 14.0. The molecule has 3 aliphatic heterocycles. The average Bonchev–Trinajstić information content (AvgIpc) is 3.12. The van der Waals surface area contributed by atoms with Gasteiger partial charge >= 0.3 is 0 Å². The molecule has 0 radical (unpaired) electrons. The van der Waals surface area contributed by atoms with Crippen molar-refractivity contribution >= 4 is 11.0 Å². The minimum atomic E-state index is -2.03. The molecule has 3 aromatic rings. The Morgan fingerprint density at radius 1 is 0.604 bits per heavy atom. The number of aromatic hydroxyl groups is 3. The van der Waals surface area contributed by atoms with E-state index in [1.807, 2.05) is 0 Å². The van der Waals surface area contributed by atoms with Crippen LogP contribution in [0.3, 0.4) is 0 Å². The highest BCUT2D eigenvalue weighted by atomic mass is 16.7. The number of hydrogen-bond donors (Lipinski definition) is 12. The van der Waals surface area contributed by atoms with Crippen LogP contribution in [0.25, 0.3) is 22.3 Å². The van der Waals surface area contributed by atoms with Crippen LogP contribution in [0.15, 0.2) is 39.5 Å². The summed E-state index contributed by atoms with van der Waals surface area (Å²) in [6.07, 6.45) is -24.0. The van der Waals surface area contributed by atoms with Gasteiger partial charge in [-0.25, -0.2) is 0 Å². The van der Waals surface area contributed by atoms with Crippen molar-refractivity contribution < 1.29 is 94.1 Å². The molecule has 15 atom stereocenters. The Morgan fingerprint density at radius 2 is 1.17 bits per heavy atom. The fraction of sp³-hybridized carbons (Fsp3) is 0.545. The van der Waals surface area contributed by atoms with Crippen LogP contribution < -0.4 is 14.9 Å². The first kappa shape index (κ1) is 38.8. The quantitative estimate of drug-likeness (QED) is 0.101. The molecular formula is C33H40O20. The molecule has 53 heavy (non-hydrogen) atoms. The van der Waals surface area contributed by atoms with E-state index >= 15 is 0 Å². The molecule has 2 aromatic carbocycles.